The summed E-state index contributed by atoms with van der Waals surface area (Å²) in [6.45, 7) is 1.06. The first-order valence-electron chi connectivity index (χ1n) is 6.47. The SMILES string of the molecule is COc1ccc(CCN)cc1OCc1cccc(Cl)c1. The first-order chi connectivity index (χ1) is 9.72. The van der Waals surface area contributed by atoms with Gasteiger partial charge in [-0.15, -0.1) is 0 Å². The van der Waals surface area contributed by atoms with E-state index in [9.17, 15) is 0 Å². The Morgan fingerprint density at radius 1 is 1.05 bits per heavy atom. The van der Waals surface area contributed by atoms with E-state index in [2.05, 4.69) is 0 Å². The molecule has 0 amide bonds. The van der Waals surface area contributed by atoms with Crippen molar-refractivity contribution in [1.29, 1.82) is 0 Å². The average molecular weight is 292 g/mol. The first-order valence-corrected chi connectivity index (χ1v) is 6.85. The second-order valence-corrected chi connectivity index (χ2v) is 4.88. The molecule has 2 N–H and O–H groups in total. The molecule has 0 atom stereocenters. The van der Waals surface area contributed by atoms with Crippen molar-refractivity contribution in [2.24, 2.45) is 5.73 Å². The van der Waals surface area contributed by atoms with Gasteiger partial charge in [0.25, 0.3) is 0 Å². The molecule has 0 aromatic heterocycles. The minimum absolute atomic E-state index is 0.447. The number of nitrogens with two attached hydrogens (primary N) is 1. The smallest absolute Gasteiger partial charge is 0.161 e. The predicted molar refractivity (Wildman–Crippen MR) is 81.5 cm³/mol. The third-order valence-electron chi connectivity index (χ3n) is 2.94. The minimum atomic E-state index is 0.447. The Balaban J connectivity index is 2.12. The fraction of sp³-hybridized carbons (Fsp3) is 0.250. The van der Waals surface area contributed by atoms with Crippen molar-refractivity contribution >= 4 is 11.6 Å². The Morgan fingerprint density at radius 2 is 1.90 bits per heavy atom. The molecule has 3 nitrogen and oxygen atoms in total. The maximum Gasteiger partial charge on any atom is 0.161 e. The van der Waals surface area contributed by atoms with Crippen molar-refractivity contribution in [2.75, 3.05) is 13.7 Å². The molecule has 0 radical (unpaired) electrons. The maximum atomic E-state index is 5.96. The number of halogens is 1. The van der Waals surface area contributed by atoms with Gasteiger partial charge in [0.05, 0.1) is 7.11 Å². The number of rotatable bonds is 6. The summed E-state index contributed by atoms with van der Waals surface area (Å²) >= 11 is 5.96. The number of ether oxygens (including phenoxy) is 2. The number of benzene rings is 2. The molecular formula is C16H18ClNO2. The van der Waals surface area contributed by atoms with Crippen molar-refractivity contribution in [3.63, 3.8) is 0 Å². The second kappa shape index (κ2) is 7.17. The van der Waals surface area contributed by atoms with Gasteiger partial charge >= 0.3 is 0 Å². The van der Waals surface area contributed by atoms with Crippen LogP contribution in [0.4, 0.5) is 0 Å². The summed E-state index contributed by atoms with van der Waals surface area (Å²) in [5, 5.41) is 0.704. The fourth-order valence-electron chi connectivity index (χ4n) is 1.94. The second-order valence-electron chi connectivity index (χ2n) is 4.44. The molecule has 0 aliphatic carbocycles. The highest BCUT2D eigenvalue weighted by Gasteiger charge is 2.06. The van der Waals surface area contributed by atoms with E-state index in [0.29, 0.717) is 23.9 Å². The Hall–Kier alpha value is -1.71. The number of methoxy groups -OCH3 is 1. The van der Waals surface area contributed by atoms with Gasteiger partial charge in [0, 0.05) is 5.02 Å². The van der Waals surface area contributed by atoms with Crippen molar-refractivity contribution in [3.05, 3.63) is 58.6 Å². The van der Waals surface area contributed by atoms with Crippen molar-refractivity contribution in [1.82, 2.24) is 0 Å². The molecular weight excluding hydrogens is 274 g/mol. The van der Waals surface area contributed by atoms with Crippen molar-refractivity contribution < 1.29 is 9.47 Å². The average Bonchev–Trinajstić information content (AvgIpc) is 2.46. The molecule has 0 fully saturated rings. The van der Waals surface area contributed by atoms with Crippen LogP contribution in [0.5, 0.6) is 11.5 Å². The van der Waals surface area contributed by atoms with Crippen LogP contribution in [0.15, 0.2) is 42.5 Å². The van der Waals surface area contributed by atoms with E-state index in [4.69, 9.17) is 26.8 Å². The molecule has 20 heavy (non-hydrogen) atoms. The molecule has 0 heterocycles. The summed E-state index contributed by atoms with van der Waals surface area (Å²) in [4.78, 5) is 0. The summed E-state index contributed by atoms with van der Waals surface area (Å²) < 4.78 is 11.1. The molecule has 0 saturated heterocycles. The molecule has 0 aliphatic rings. The zero-order valence-corrected chi connectivity index (χ0v) is 12.2. The molecule has 2 rings (SSSR count). The standard InChI is InChI=1S/C16H18ClNO2/c1-19-15-6-5-12(7-8-18)10-16(15)20-11-13-3-2-4-14(17)9-13/h2-6,9-10H,7-8,11,18H2,1H3. The molecule has 0 aliphatic heterocycles. The Labute approximate surface area is 124 Å². The Bertz CT molecular complexity index is 572. The van der Waals surface area contributed by atoms with Gasteiger partial charge in [0.2, 0.25) is 0 Å². The lowest BCUT2D eigenvalue weighted by molar-refractivity contribution is 0.284. The van der Waals surface area contributed by atoms with Gasteiger partial charge in [-0.25, -0.2) is 0 Å². The third-order valence-corrected chi connectivity index (χ3v) is 3.18. The third kappa shape index (κ3) is 3.89. The zero-order valence-electron chi connectivity index (χ0n) is 11.4. The lowest BCUT2D eigenvalue weighted by Crippen LogP contribution is -2.04. The molecule has 106 valence electrons. The Kier molecular flexibility index (Phi) is 5.27. The molecule has 0 unspecified atom stereocenters. The molecule has 0 spiro atoms. The van der Waals surface area contributed by atoms with E-state index >= 15 is 0 Å². The summed E-state index contributed by atoms with van der Waals surface area (Å²) in [5.74, 6) is 1.44. The van der Waals surface area contributed by atoms with Gasteiger partial charge in [0.1, 0.15) is 6.61 Å². The number of hydrogen-bond acceptors (Lipinski definition) is 3. The van der Waals surface area contributed by atoms with Crippen LogP contribution in [-0.4, -0.2) is 13.7 Å². The quantitative estimate of drug-likeness (QED) is 0.887. The molecule has 4 heteroatoms. The minimum Gasteiger partial charge on any atom is -0.493 e. The van der Waals surface area contributed by atoms with Crippen LogP contribution in [0.25, 0.3) is 0 Å². The van der Waals surface area contributed by atoms with Gasteiger partial charge in [0.15, 0.2) is 11.5 Å². The van der Waals surface area contributed by atoms with E-state index in [1.807, 2.05) is 42.5 Å². The largest absolute Gasteiger partial charge is 0.493 e. The van der Waals surface area contributed by atoms with Crippen LogP contribution in [0.2, 0.25) is 5.02 Å². The van der Waals surface area contributed by atoms with Gasteiger partial charge in [-0.2, -0.15) is 0 Å². The van der Waals surface area contributed by atoms with Crippen LogP contribution in [-0.2, 0) is 13.0 Å². The molecule has 2 aromatic rings. The first kappa shape index (κ1) is 14.7. The zero-order chi connectivity index (χ0) is 14.4. The lowest BCUT2D eigenvalue weighted by atomic mass is 10.1. The van der Waals surface area contributed by atoms with Crippen molar-refractivity contribution in [2.45, 2.75) is 13.0 Å². The van der Waals surface area contributed by atoms with Gasteiger partial charge in [-0.05, 0) is 48.4 Å². The highest BCUT2D eigenvalue weighted by Crippen LogP contribution is 2.29. The van der Waals surface area contributed by atoms with Crippen LogP contribution in [0, 0.1) is 0 Å². The summed E-state index contributed by atoms with van der Waals surface area (Å²) in [6, 6.07) is 13.5. The normalized spacial score (nSPS) is 10.3. The molecule has 0 bridgehead atoms. The maximum absolute atomic E-state index is 5.96. The molecule has 0 saturated carbocycles. The Morgan fingerprint density at radius 3 is 2.60 bits per heavy atom. The van der Waals surface area contributed by atoms with Gasteiger partial charge in [-0.1, -0.05) is 29.8 Å². The topological polar surface area (TPSA) is 44.5 Å². The van der Waals surface area contributed by atoms with E-state index in [-0.39, 0.29) is 0 Å². The van der Waals surface area contributed by atoms with Crippen LogP contribution < -0.4 is 15.2 Å². The van der Waals surface area contributed by atoms with Gasteiger partial charge < -0.3 is 15.2 Å². The van der Waals surface area contributed by atoms with E-state index < -0.39 is 0 Å². The monoisotopic (exact) mass is 291 g/mol. The summed E-state index contributed by atoms with van der Waals surface area (Å²) in [7, 11) is 1.63. The summed E-state index contributed by atoms with van der Waals surface area (Å²) in [5.41, 5.74) is 7.73. The van der Waals surface area contributed by atoms with Gasteiger partial charge in [-0.3, -0.25) is 0 Å². The van der Waals surface area contributed by atoms with E-state index in [1.54, 1.807) is 7.11 Å². The highest BCUT2D eigenvalue weighted by atomic mass is 35.5. The van der Waals surface area contributed by atoms with E-state index in [1.165, 1.54) is 0 Å². The van der Waals surface area contributed by atoms with Crippen LogP contribution in [0.3, 0.4) is 0 Å². The van der Waals surface area contributed by atoms with Crippen LogP contribution >= 0.6 is 11.6 Å². The summed E-state index contributed by atoms with van der Waals surface area (Å²) in [6.07, 6.45) is 0.817. The number of hydrogen-bond donors (Lipinski definition) is 1. The highest BCUT2D eigenvalue weighted by molar-refractivity contribution is 6.30. The molecule has 2 aromatic carbocycles. The predicted octanol–water partition coefficient (Wildman–Crippen LogP) is 3.43. The van der Waals surface area contributed by atoms with Crippen molar-refractivity contribution in [3.8, 4) is 11.5 Å². The lowest BCUT2D eigenvalue weighted by Gasteiger charge is -2.12. The van der Waals surface area contributed by atoms with Crippen LogP contribution in [0.1, 0.15) is 11.1 Å². The fourth-order valence-corrected chi connectivity index (χ4v) is 2.16. The van der Waals surface area contributed by atoms with E-state index in [0.717, 1.165) is 23.3 Å².